The largest absolute Gasteiger partial charge is 0.330 e. The van der Waals surface area contributed by atoms with E-state index < -0.39 is 5.54 Å². The predicted octanol–water partition coefficient (Wildman–Crippen LogP) is 0.781. The van der Waals surface area contributed by atoms with Crippen molar-refractivity contribution in [2.45, 2.75) is 32.2 Å². The van der Waals surface area contributed by atoms with Crippen molar-refractivity contribution in [2.75, 3.05) is 6.54 Å². The highest BCUT2D eigenvalue weighted by atomic mass is 16.6. The van der Waals surface area contributed by atoms with Gasteiger partial charge in [0.15, 0.2) is 0 Å². The van der Waals surface area contributed by atoms with Gasteiger partial charge in [-0.05, 0) is 13.0 Å². The normalized spacial score (nSPS) is 11.5. The Labute approximate surface area is 60.6 Å². The SMILES string of the molecule is CC(C)(CCCN)[N+](=O)[O-]. The van der Waals surface area contributed by atoms with Crippen LogP contribution in [0.4, 0.5) is 0 Å². The molecule has 0 atom stereocenters. The molecule has 60 valence electrons. The summed E-state index contributed by atoms with van der Waals surface area (Å²) in [7, 11) is 0. The fourth-order valence-corrected chi connectivity index (χ4v) is 0.626. The van der Waals surface area contributed by atoms with Gasteiger partial charge in [-0.3, -0.25) is 10.1 Å². The summed E-state index contributed by atoms with van der Waals surface area (Å²) in [6, 6.07) is 0. The molecule has 2 N–H and O–H groups in total. The molecule has 0 fully saturated rings. The van der Waals surface area contributed by atoms with Gasteiger partial charge in [-0.1, -0.05) is 0 Å². The van der Waals surface area contributed by atoms with Crippen LogP contribution in [0.1, 0.15) is 26.7 Å². The van der Waals surface area contributed by atoms with Crippen molar-refractivity contribution in [3.8, 4) is 0 Å². The standard InChI is InChI=1S/C6H14N2O2/c1-6(2,8(9)10)4-3-5-7/h3-5,7H2,1-2H3. The van der Waals surface area contributed by atoms with E-state index in [2.05, 4.69) is 0 Å². The topological polar surface area (TPSA) is 69.2 Å². The van der Waals surface area contributed by atoms with E-state index in [4.69, 9.17) is 5.73 Å². The van der Waals surface area contributed by atoms with Crippen molar-refractivity contribution in [1.29, 1.82) is 0 Å². The molecule has 0 aromatic heterocycles. The first kappa shape index (κ1) is 9.36. The Morgan fingerprint density at radius 1 is 1.60 bits per heavy atom. The van der Waals surface area contributed by atoms with Gasteiger partial charge >= 0.3 is 0 Å². The minimum absolute atomic E-state index is 0.261. The molecule has 0 amide bonds. The van der Waals surface area contributed by atoms with Gasteiger partial charge in [0.05, 0.1) is 0 Å². The number of rotatable bonds is 4. The van der Waals surface area contributed by atoms with Crippen LogP contribution in [0.15, 0.2) is 0 Å². The van der Waals surface area contributed by atoms with E-state index in [-0.39, 0.29) is 4.92 Å². The molecular formula is C6H14N2O2. The second kappa shape index (κ2) is 3.51. The second-order valence-corrected chi connectivity index (χ2v) is 2.96. The number of hydrogen-bond acceptors (Lipinski definition) is 3. The lowest BCUT2D eigenvalue weighted by Crippen LogP contribution is -2.31. The molecular weight excluding hydrogens is 132 g/mol. The quantitative estimate of drug-likeness (QED) is 0.470. The average Bonchev–Trinajstić information content (AvgIpc) is 1.84. The molecule has 0 bridgehead atoms. The highest BCUT2D eigenvalue weighted by Gasteiger charge is 2.29. The number of nitrogens with two attached hydrogens (primary N) is 1. The molecule has 0 saturated carbocycles. The van der Waals surface area contributed by atoms with Crippen LogP contribution < -0.4 is 5.73 Å². The van der Waals surface area contributed by atoms with Crippen LogP contribution in [0.2, 0.25) is 0 Å². The van der Waals surface area contributed by atoms with Gasteiger partial charge in [-0.15, -0.1) is 0 Å². The fourth-order valence-electron chi connectivity index (χ4n) is 0.626. The number of nitro groups is 1. The highest BCUT2D eigenvalue weighted by molar-refractivity contribution is 4.66. The monoisotopic (exact) mass is 146 g/mol. The van der Waals surface area contributed by atoms with E-state index in [1.54, 1.807) is 13.8 Å². The minimum atomic E-state index is -0.806. The molecule has 0 aliphatic rings. The van der Waals surface area contributed by atoms with E-state index in [1.165, 1.54) is 0 Å². The molecule has 0 radical (unpaired) electrons. The zero-order valence-corrected chi connectivity index (χ0v) is 6.46. The first-order valence-corrected chi connectivity index (χ1v) is 3.35. The molecule has 0 aromatic carbocycles. The van der Waals surface area contributed by atoms with Gasteiger partial charge in [0.25, 0.3) is 0 Å². The van der Waals surface area contributed by atoms with E-state index >= 15 is 0 Å². The van der Waals surface area contributed by atoms with Gasteiger partial charge in [0, 0.05) is 25.2 Å². The summed E-state index contributed by atoms with van der Waals surface area (Å²) >= 11 is 0. The Balaban J connectivity index is 3.75. The van der Waals surface area contributed by atoms with Crippen LogP contribution in [-0.4, -0.2) is 17.0 Å². The molecule has 0 saturated heterocycles. The third-order valence-corrected chi connectivity index (χ3v) is 1.49. The molecule has 0 aliphatic heterocycles. The predicted molar refractivity (Wildman–Crippen MR) is 39.4 cm³/mol. The van der Waals surface area contributed by atoms with E-state index in [1.807, 2.05) is 0 Å². The van der Waals surface area contributed by atoms with E-state index in [0.29, 0.717) is 19.4 Å². The number of nitrogens with zero attached hydrogens (tertiary/aromatic N) is 1. The Morgan fingerprint density at radius 3 is 2.40 bits per heavy atom. The van der Waals surface area contributed by atoms with Gasteiger partial charge in [0.2, 0.25) is 5.54 Å². The van der Waals surface area contributed by atoms with Crippen LogP contribution >= 0.6 is 0 Å². The summed E-state index contributed by atoms with van der Waals surface area (Å²) in [6.45, 7) is 3.75. The summed E-state index contributed by atoms with van der Waals surface area (Å²) < 4.78 is 0. The lowest BCUT2D eigenvalue weighted by atomic mass is 10.00. The Hall–Kier alpha value is -0.640. The Bertz CT molecular complexity index is 123. The van der Waals surface area contributed by atoms with Crippen molar-refractivity contribution in [3.63, 3.8) is 0 Å². The Kier molecular flexibility index (Phi) is 3.28. The lowest BCUT2D eigenvalue weighted by molar-refractivity contribution is -0.561. The third-order valence-electron chi connectivity index (χ3n) is 1.49. The van der Waals surface area contributed by atoms with Crippen LogP contribution in [0.3, 0.4) is 0 Å². The summed E-state index contributed by atoms with van der Waals surface area (Å²) in [5.74, 6) is 0. The molecule has 0 spiro atoms. The van der Waals surface area contributed by atoms with Crippen molar-refractivity contribution < 1.29 is 4.92 Å². The van der Waals surface area contributed by atoms with Crippen molar-refractivity contribution in [3.05, 3.63) is 10.1 Å². The number of hydrogen-bond donors (Lipinski definition) is 1. The highest BCUT2D eigenvalue weighted by Crippen LogP contribution is 2.14. The summed E-state index contributed by atoms with van der Waals surface area (Å²) in [6.07, 6.45) is 1.27. The van der Waals surface area contributed by atoms with Crippen molar-refractivity contribution in [1.82, 2.24) is 0 Å². The lowest BCUT2D eigenvalue weighted by Gasteiger charge is -2.13. The van der Waals surface area contributed by atoms with Gasteiger partial charge in [-0.25, -0.2) is 0 Å². The van der Waals surface area contributed by atoms with Crippen molar-refractivity contribution in [2.24, 2.45) is 5.73 Å². The molecule has 0 rings (SSSR count). The molecule has 10 heavy (non-hydrogen) atoms. The maximum Gasteiger partial charge on any atom is 0.216 e. The zero-order valence-electron chi connectivity index (χ0n) is 6.46. The molecule has 0 unspecified atom stereocenters. The molecule has 4 heteroatoms. The maximum absolute atomic E-state index is 10.3. The second-order valence-electron chi connectivity index (χ2n) is 2.96. The van der Waals surface area contributed by atoms with Gasteiger partial charge in [-0.2, -0.15) is 0 Å². The fraction of sp³-hybridized carbons (Fsp3) is 1.00. The average molecular weight is 146 g/mol. The van der Waals surface area contributed by atoms with Crippen molar-refractivity contribution >= 4 is 0 Å². The zero-order chi connectivity index (χ0) is 8.20. The van der Waals surface area contributed by atoms with E-state index in [0.717, 1.165) is 0 Å². The van der Waals surface area contributed by atoms with Gasteiger partial charge < -0.3 is 5.73 Å². The van der Waals surface area contributed by atoms with Crippen LogP contribution in [0.5, 0.6) is 0 Å². The summed E-state index contributed by atoms with van der Waals surface area (Å²) in [5, 5.41) is 10.3. The summed E-state index contributed by atoms with van der Waals surface area (Å²) in [5.41, 5.74) is 4.41. The molecule has 0 aliphatic carbocycles. The van der Waals surface area contributed by atoms with Crippen LogP contribution in [-0.2, 0) is 0 Å². The molecule has 0 heterocycles. The Morgan fingerprint density at radius 2 is 2.10 bits per heavy atom. The van der Waals surface area contributed by atoms with Gasteiger partial charge in [0.1, 0.15) is 0 Å². The molecule has 4 nitrogen and oxygen atoms in total. The van der Waals surface area contributed by atoms with E-state index in [9.17, 15) is 10.1 Å². The molecule has 0 aromatic rings. The first-order chi connectivity index (χ1) is 4.50. The summed E-state index contributed by atoms with van der Waals surface area (Å²) in [4.78, 5) is 10.0. The third kappa shape index (κ3) is 2.77. The van der Waals surface area contributed by atoms with Crippen LogP contribution in [0.25, 0.3) is 0 Å². The maximum atomic E-state index is 10.3. The first-order valence-electron chi connectivity index (χ1n) is 3.35. The minimum Gasteiger partial charge on any atom is -0.330 e. The van der Waals surface area contributed by atoms with Crippen LogP contribution in [0, 0.1) is 10.1 Å². The smallest absolute Gasteiger partial charge is 0.216 e.